The second kappa shape index (κ2) is 6.96. The van der Waals surface area contributed by atoms with Crippen molar-refractivity contribution in [1.29, 1.82) is 0 Å². The molecule has 0 fully saturated rings. The van der Waals surface area contributed by atoms with Gasteiger partial charge in [-0.25, -0.2) is 4.79 Å². The van der Waals surface area contributed by atoms with Crippen LogP contribution in [0.5, 0.6) is 0 Å². The zero-order chi connectivity index (χ0) is 16.0. The van der Waals surface area contributed by atoms with Crippen molar-refractivity contribution < 1.29 is 27.9 Å². The summed E-state index contributed by atoms with van der Waals surface area (Å²) in [5.74, 6) is -0.992. The van der Waals surface area contributed by atoms with E-state index in [9.17, 15) is 22.8 Å². The Hall–Kier alpha value is -2.25. The molecule has 0 unspecified atom stereocenters. The quantitative estimate of drug-likeness (QED) is 0.878. The first-order valence-electron chi connectivity index (χ1n) is 6.14. The van der Waals surface area contributed by atoms with E-state index < -0.39 is 24.7 Å². The zero-order valence-corrected chi connectivity index (χ0v) is 11.3. The number of rotatable bonds is 5. The molecule has 8 heteroatoms. The first kappa shape index (κ1) is 16.8. The average Bonchev–Trinajstić information content (AvgIpc) is 2.36. The molecule has 5 nitrogen and oxygen atoms in total. The van der Waals surface area contributed by atoms with Gasteiger partial charge in [0, 0.05) is 12.2 Å². The molecule has 0 aliphatic rings. The lowest BCUT2D eigenvalue weighted by molar-refractivity contribution is -0.139. The lowest BCUT2D eigenvalue weighted by Gasteiger charge is -2.22. The van der Waals surface area contributed by atoms with E-state index >= 15 is 0 Å². The number of anilines is 1. The highest BCUT2D eigenvalue weighted by Gasteiger charge is 2.32. The average molecular weight is 304 g/mol. The SMILES string of the molecule is CCN(CC(F)(F)F)C(=O)Nc1ccc(CC(=O)O)cc1. The highest BCUT2D eigenvalue weighted by Crippen LogP contribution is 2.17. The van der Waals surface area contributed by atoms with Gasteiger partial charge in [0.15, 0.2) is 0 Å². The fraction of sp³-hybridized carbons (Fsp3) is 0.385. The highest BCUT2D eigenvalue weighted by atomic mass is 19.4. The smallest absolute Gasteiger partial charge is 0.406 e. The topological polar surface area (TPSA) is 69.6 Å². The van der Waals surface area contributed by atoms with Gasteiger partial charge in [0.2, 0.25) is 0 Å². The maximum absolute atomic E-state index is 12.3. The molecule has 2 amide bonds. The molecule has 0 heterocycles. The van der Waals surface area contributed by atoms with E-state index in [0.717, 1.165) is 0 Å². The fourth-order valence-corrected chi connectivity index (χ4v) is 1.63. The van der Waals surface area contributed by atoms with Gasteiger partial charge >= 0.3 is 18.2 Å². The number of carboxylic acids is 1. The molecule has 0 radical (unpaired) electrons. The van der Waals surface area contributed by atoms with Crippen LogP contribution in [0.2, 0.25) is 0 Å². The van der Waals surface area contributed by atoms with E-state index in [0.29, 0.717) is 16.2 Å². The minimum atomic E-state index is -4.46. The van der Waals surface area contributed by atoms with Gasteiger partial charge in [0.25, 0.3) is 0 Å². The molecule has 0 aromatic heterocycles. The van der Waals surface area contributed by atoms with Gasteiger partial charge in [-0.05, 0) is 24.6 Å². The molecule has 0 aliphatic heterocycles. The molecule has 0 bridgehead atoms. The Balaban J connectivity index is 2.66. The molecule has 116 valence electrons. The number of aliphatic carboxylic acids is 1. The summed E-state index contributed by atoms with van der Waals surface area (Å²) in [5.41, 5.74) is 0.831. The molecule has 1 rings (SSSR count). The third-order valence-electron chi connectivity index (χ3n) is 2.60. The summed E-state index contributed by atoms with van der Waals surface area (Å²) in [5, 5.41) is 10.9. The summed E-state index contributed by atoms with van der Waals surface area (Å²) >= 11 is 0. The number of urea groups is 1. The molecule has 1 aromatic carbocycles. The van der Waals surface area contributed by atoms with Crippen LogP contribution < -0.4 is 5.32 Å². The second-order valence-corrected chi connectivity index (χ2v) is 4.33. The standard InChI is InChI=1S/C13H15F3N2O3/c1-2-18(8-13(14,15)16)12(21)17-10-5-3-9(4-6-10)7-11(19)20/h3-6H,2,7-8H2,1H3,(H,17,21)(H,19,20). The molecule has 0 atom stereocenters. The van der Waals surface area contributed by atoms with Crippen LogP contribution in [0, 0.1) is 0 Å². The van der Waals surface area contributed by atoms with Crippen molar-refractivity contribution in [2.45, 2.75) is 19.5 Å². The van der Waals surface area contributed by atoms with Crippen LogP contribution in [-0.4, -0.2) is 41.3 Å². The van der Waals surface area contributed by atoms with Crippen LogP contribution in [0.1, 0.15) is 12.5 Å². The number of carboxylic acid groups (broad SMARTS) is 1. The Kier molecular flexibility index (Phi) is 5.57. The summed E-state index contributed by atoms with van der Waals surface area (Å²) in [4.78, 5) is 22.8. The fourth-order valence-electron chi connectivity index (χ4n) is 1.63. The number of amides is 2. The van der Waals surface area contributed by atoms with Crippen molar-refractivity contribution in [2.24, 2.45) is 0 Å². The van der Waals surface area contributed by atoms with Crippen LogP contribution in [0.25, 0.3) is 0 Å². The predicted molar refractivity (Wildman–Crippen MR) is 70.1 cm³/mol. The molecule has 0 saturated carbocycles. The molecule has 0 spiro atoms. The third-order valence-corrected chi connectivity index (χ3v) is 2.60. The van der Waals surface area contributed by atoms with Crippen molar-refractivity contribution >= 4 is 17.7 Å². The molecule has 21 heavy (non-hydrogen) atoms. The molecule has 1 aromatic rings. The third kappa shape index (κ3) is 6.15. The van der Waals surface area contributed by atoms with Crippen LogP contribution in [0.15, 0.2) is 24.3 Å². The Bertz CT molecular complexity index is 500. The number of halogens is 3. The van der Waals surface area contributed by atoms with Crippen molar-refractivity contribution in [1.82, 2.24) is 4.90 Å². The molecule has 0 aliphatic carbocycles. The number of benzene rings is 1. The summed E-state index contributed by atoms with van der Waals surface area (Å²) < 4.78 is 36.9. The Morgan fingerprint density at radius 1 is 1.24 bits per heavy atom. The zero-order valence-electron chi connectivity index (χ0n) is 11.3. The van der Waals surface area contributed by atoms with Gasteiger partial charge < -0.3 is 15.3 Å². The summed E-state index contributed by atoms with van der Waals surface area (Å²) in [6.45, 7) is 0.0378. The monoisotopic (exact) mass is 304 g/mol. The number of hydrogen-bond donors (Lipinski definition) is 2. The lowest BCUT2D eigenvalue weighted by atomic mass is 10.1. The number of carbonyl (C=O) groups excluding carboxylic acids is 1. The van der Waals surface area contributed by atoms with Gasteiger partial charge in [-0.2, -0.15) is 13.2 Å². The van der Waals surface area contributed by atoms with E-state index in [2.05, 4.69) is 5.32 Å². The number of carbonyl (C=O) groups is 2. The lowest BCUT2D eigenvalue weighted by Crippen LogP contribution is -2.41. The van der Waals surface area contributed by atoms with Crippen LogP contribution in [0.4, 0.5) is 23.7 Å². The summed E-state index contributed by atoms with van der Waals surface area (Å²) in [6.07, 6.45) is -4.62. The number of nitrogens with one attached hydrogen (secondary N) is 1. The normalized spacial score (nSPS) is 11.0. The molecular formula is C13H15F3N2O3. The van der Waals surface area contributed by atoms with E-state index in [1.165, 1.54) is 31.2 Å². The van der Waals surface area contributed by atoms with Crippen molar-refractivity contribution in [2.75, 3.05) is 18.4 Å². The van der Waals surface area contributed by atoms with Gasteiger partial charge in [-0.15, -0.1) is 0 Å². The van der Waals surface area contributed by atoms with E-state index in [4.69, 9.17) is 5.11 Å². The molecule has 0 saturated heterocycles. The maximum Gasteiger partial charge on any atom is 0.406 e. The Morgan fingerprint density at radius 2 is 1.81 bits per heavy atom. The van der Waals surface area contributed by atoms with Gasteiger partial charge in [-0.1, -0.05) is 12.1 Å². The summed E-state index contributed by atoms with van der Waals surface area (Å²) in [7, 11) is 0. The van der Waals surface area contributed by atoms with E-state index in [1.807, 2.05) is 0 Å². The number of alkyl halides is 3. The minimum Gasteiger partial charge on any atom is -0.481 e. The Labute approximate surface area is 119 Å². The first-order chi connectivity index (χ1) is 9.71. The first-order valence-corrected chi connectivity index (χ1v) is 6.14. The predicted octanol–water partition coefficient (Wildman–Crippen LogP) is 2.73. The minimum absolute atomic E-state index is 0.0809. The summed E-state index contributed by atoms with van der Waals surface area (Å²) in [6, 6.07) is 5.00. The molecule has 2 N–H and O–H groups in total. The molecular weight excluding hydrogens is 289 g/mol. The van der Waals surface area contributed by atoms with Gasteiger partial charge in [0.05, 0.1) is 6.42 Å². The van der Waals surface area contributed by atoms with Crippen molar-refractivity contribution in [3.05, 3.63) is 29.8 Å². The van der Waals surface area contributed by atoms with E-state index in [-0.39, 0.29) is 13.0 Å². The van der Waals surface area contributed by atoms with Crippen LogP contribution in [0.3, 0.4) is 0 Å². The largest absolute Gasteiger partial charge is 0.481 e. The highest BCUT2D eigenvalue weighted by molar-refractivity contribution is 5.89. The van der Waals surface area contributed by atoms with Crippen molar-refractivity contribution in [3.8, 4) is 0 Å². The van der Waals surface area contributed by atoms with Gasteiger partial charge in [-0.3, -0.25) is 4.79 Å². The van der Waals surface area contributed by atoms with Gasteiger partial charge in [0.1, 0.15) is 6.54 Å². The number of hydrogen-bond acceptors (Lipinski definition) is 2. The van der Waals surface area contributed by atoms with E-state index in [1.54, 1.807) is 0 Å². The second-order valence-electron chi connectivity index (χ2n) is 4.33. The number of nitrogens with zero attached hydrogens (tertiary/aromatic N) is 1. The Morgan fingerprint density at radius 3 is 2.24 bits per heavy atom. The van der Waals surface area contributed by atoms with Crippen LogP contribution in [-0.2, 0) is 11.2 Å². The maximum atomic E-state index is 12.3. The van der Waals surface area contributed by atoms with Crippen LogP contribution >= 0.6 is 0 Å². The van der Waals surface area contributed by atoms with Crippen molar-refractivity contribution in [3.63, 3.8) is 0 Å².